The number of aromatic carboxylic acids is 1. The maximum atomic E-state index is 12.2. The number of carboxylic acid groups (broad SMARTS) is 1. The second-order valence-corrected chi connectivity index (χ2v) is 7.98. The maximum absolute atomic E-state index is 12.2. The van der Waals surface area contributed by atoms with Crippen LogP contribution < -0.4 is 5.43 Å². The first-order chi connectivity index (χ1) is 12.8. The summed E-state index contributed by atoms with van der Waals surface area (Å²) in [6.45, 7) is 6.55. The molecule has 140 valence electrons. The molecule has 1 aliphatic carbocycles. The van der Waals surface area contributed by atoms with Crippen molar-refractivity contribution in [3.63, 3.8) is 0 Å². The van der Waals surface area contributed by atoms with Crippen molar-refractivity contribution < 1.29 is 14.7 Å². The Kier molecular flexibility index (Phi) is 5.13. The van der Waals surface area contributed by atoms with Crippen LogP contribution in [0.2, 0.25) is 0 Å². The Morgan fingerprint density at radius 3 is 2.26 bits per heavy atom. The molecular formula is C22H24N2O3. The second kappa shape index (κ2) is 7.35. The zero-order chi connectivity index (χ0) is 19.6. The molecule has 1 fully saturated rings. The normalized spacial score (nSPS) is 19.1. The Labute approximate surface area is 159 Å². The lowest BCUT2D eigenvalue weighted by Crippen LogP contribution is -2.20. The van der Waals surface area contributed by atoms with Gasteiger partial charge in [0, 0.05) is 5.92 Å². The van der Waals surface area contributed by atoms with Crippen molar-refractivity contribution in [2.45, 2.75) is 38.5 Å². The van der Waals surface area contributed by atoms with E-state index in [0.29, 0.717) is 0 Å². The predicted molar refractivity (Wildman–Crippen MR) is 105 cm³/mol. The average Bonchev–Trinajstić information content (AvgIpc) is 3.42. The molecule has 0 aromatic heterocycles. The maximum Gasteiger partial charge on any atom is 0.335 e. The average molecular weight is 364 g/mol. The lowest BCUT2D eigenvalue weighted by molar-refractivity contribution is -0.122. The molecule has 2 atom stereocenters. The van der Waals surface area contributed by atoms with Crippen LogP contribution in [0.25, 0.3) is 0 Å². The van der Waals surface area contributed by atoms with E-state index in [-0.39, 0.29) is 28.7 Å². The number of rotatable bonds is 5. The van der Waals surface area contributed by atoms with Gasteiger partial charge in [-0.2, -0.15) is 5.10 Å². The molecule has 0 radical (unpaired) electrons. The van der Waals surface area contributed by atoms with Crippen LogP contribution in [-0.2, 0) is 10.2 Å². The molecule has 0 aliphatic heterocycles. The van der Waals surface area contributed by atoms with Gasteiger partial charge < -0.3 is 5.11 Å². The first-order valence-electron chi connectivity index (χ1n) is 9.02. The summed E-state index contributed by atoms with van der Waals surface area (Å²) in [5.74, 6) is -0.846. The fraction of sp³-hybridized carbons (Fsp3) is 0.318. The summed E-state index contributed by atoms with van der Waals surface area (Å²) in [4.78, 5) is 23.1. The van der Waals surface area contributed by atoms with Crippen LogP contribution in [0.15, 0.2) is 53.6 Å². The minimum atomic E-state index is -0.970. The first-order valence-corrected chi connectivity index (χ1v) is 9.02. The third-order valence-corrected chi connectivity index (χ3v) is 4.88. The monoisotopic (exact) mass is 364 g/mol. The Balaban J connectivity index is 1.53. The molecule has 5 heteroatoms. The van der Waals surface area contributed by atoms with Gasteiger partial charge in [-0.3, -0.25) is 4.79 Å². The highest BCUT2D eigenvalue weighted by atomic mass is 16.4. The lowest BCUT2D eigenvalue weighted by atomic mass is 9.86. The number of carbonyl (C=O) groups excluding carboxylic acids is 1. The summed E-state index contributed by atoms with van der Waals surface area (Å²) in [5.41, 5.74) is 6.12. The molecule has 0 saturated heterocycles. The van der Waals surface area contributed by atoms with E-state index in [1.54, 1.807) is 12.1 Å². The highest BCUT2D eigenvalue weighted by Crippen LogP contribution is 2.47. The third-order valence-electron chi connectivity index (χ3n) is 4.88. The van der Waals surface area contributed by atoms with Crippen LogP contribution in [0.3, 0.4) is 0 Å². The number of hydrogen-bond donors (Lipinski definition) is 2. The number of carbonyl (C=O) groups is 2. The highest BCUT2D eigenvalue weighted by Gasteiger charge is 2.43. The molecule has 2 aromatic carbocycles. The Morgan fingerprint density at radius 1 is 1.07 bits per heavy atom. The van der Waals surface area contributed by atoms with E-state index in [4.69, 9.17) is 5.11 Å². The van der Waals surface area contributed by atoms with Crippen LogP contribution in [-0.4, -0.2) is 23.2 Å². The number of benzene rings is 2. The van der Waals surface area contributed by atoms with E-state index >= 15 is 0 Å². The molecule has 3 rings (SSSR count). The molecule has 2 N–H and O–H groups in total. The predicted octanol–water partition coefficient (Wildman–Crippen LogP) is 3.94. The summed E-state index contributed by atoms with van der Waals surface area (Å²) in [6.07, 6.45) is 2.35. The summed E-state index contributed by atoms with van der Waals surface area (Å²) >= 11 is 0. The van der Waals surface area contributed by atoms with Crippen LogP contribution >= 0.6 is 0 Å². The smallest absolute Gasteiger partial charge is 0.335 e. The molecule has 2 aromatic rings. The van der Waals surface area contributed by atoms with Gasteiger partial charge in [-0.15, -0.1) is 0 Å². The van der Waals surface area contributed by atoms with Crippen LogP contribution in [0, 0.1) is 5.92 Å². The zero-order valence-electron chi connectivity index (χ0n) is 15.8. The summed E-state index contributed by atoms with van der Waals surface area (Å²) < 4.78 is 0. The molecule has 0 unspecified atom stereocenters. The van der Waals surface area contributed by atoms with Crippen LogP contribution in [0.5, 0.6) is 0 Å². The number of carboxylic acids is 1. The van der Waals surface area contributed by atoms with Crippen molar-refractivity contribution in [3.05, 3.63) is 70.8 Å². The number of nitrogens with zero attached hydrogens (tertiary/aromatic N) is 1. The third kappa shape index (κ3) is 4.61. The van der Waals surface area contributed by atoms with E-state index in [1.165, 1.54) is 29.5 Å². The van der Waals surface area contributed by atoms with E-state index < -0.39 is 5.97 Å². The zero-order valence-corrected chi connectivity index (χ0v) is 15.8. The fourth-order valence-corrected chi connectivity index (χ4v) is 3.05. The van der Waals surface area contributed by atoms with Gasteiger partial charge in [-0.1, -0.05) is 57.2 Å². The van der Waals surface area contributed by atoms with Crippen molar-refractivity contribution in [3.8, 4) is 0 Å². The molecule has 1 saturated carbocycles. The van der Waals surface area contributed by atoms with Crippen molar-refractivity contribution in [1.29, 1.82) is 0 Å². The Morgan fingerprint density at radius 2 is 1.70 bits per heavy atom. The number of hydrogen-bond acceptors (Lipinski definition) is 3. The van der Waals surface area contributed by atoms with Gasteiger partial charge in [0.1, 0.15) is 0 Å². The van der Waals surface area contributed by atoms with E-state index in [2.05, 4.69) is 55.6 Å². The highest BCUT2D eigenvalue weighted by molar-refractivity contribution is 5.89. The number of nitrogens with one attached hydrogen (secondary N) is 1. The molecule has 0 bridgehead atoms. The van der Waals surface area contributed by atoms with Crippen LogP contribution in [0.1, 0.15) is 60.2 Å². The lowest BCUT2D eigenvalue weighted by Gasteiger charge is -2.19. The van der Waals surface area contributed by atoms with E-state index in [9.17, 15) is 9.59 Å². The Bertz CT molecular complexity index is 862. The van der Waals surface area contributed by atoms with Gasteiger partial charge in [0.05, 0.1) is 11.8 Å². The number of hydrazone groups is 1. The quantitative estimate of drug-likeness (QED) is 0.623. The van der Waals surface area contributed by atoms with Gasteiger partial charge in [-0.05, 0) is 46.6 Å². The largest absolute Gasteiger partial charge is 0.478 e. The van der Waals surface area contributed by atoms with Gasteiger partial charge in [0.15, 0.2) is 0 Å². The van der Waals surface area contributed by atoms with Crippen molar-refractivity contribution in [2.75, 3.05) is 0 Å². The van der Waals surface area contributed by atoms with Crippen molar-refractivity contribution >= 4 is 18.1 Å². The molecule has 1 amide bonds. The molecular weight excluding hydrogens is 340 g/mol. The Hall–Kier alpha value is -2.95. The summed E-state index contributed by atoms with van der Waals surface area (Å²) in [6, 6.07) is 14.8. The van der Waals surface area contributed by atoms with E-state index in [0.717, 1.165) is 12.0 Å². The second-order valence-electron chi connectivity index (χ2n) is 7.98. The first kappa shape index (κ1) is 18.8. The van der Waals surface area contributed by atoms with Gasteiger partial charge in [0.2, 0.25) is 5.91 Å². The van der Waals surface area contributed by atoms with Crippen molar-refractivity contribution in [1.82, 2.24) is 5.43 Å². The molecule has 27 heavy (non-hydrogen) atoms. The molecule has 0 heterocycles. The standard InChI is InChI=1S/C22H24N2O3/c1-22(2,3)17-10-8-15(9-11-17)18-12-19(18)20(25)24-23-13-14-4-6-16(7-5-14)21(26)27/h4-11,13,18-19H,12H2,1-3H3,(H,24,25)(H,26,27)/b23-13-/t18-,19+/m0/s1. The summed E-state index contributed by atoms with van der Waals surface area (Å²) in [5, 5.41) is 12.9. The van der Waals surface area contributed by atoms with Gasteiger partial charge in [0.25, 0.3) is 0 Å². The molecule has 0 spiro atoms. The van der Waals surface area contributed by atoms with Gasteiger partial charge in [-0.25, -0.2) is 10.2 Å². The summed E-state index contributed by atoms with van der Waals surface area (Å²) in [7, 11) is 0. The molecule has 1 aliphatic rings. The minimum Gasteiger partial charge on any atom is -0.478 e. The van der Waals surface area contributed by atoms with Crippen molar-refractivity contribution in [2.24, 2.45) is 11.0 Å². The fourth-order valence-electron chi connectivity index (χ4n) is 3.05. The SMILES string of the molecule is CC(C)(C)c1ccc([C@@H]2C[C@H]2C(=O)N/N=C\c2ccc(C(=O)O)cc2)cc1. The number of amides is 1. The topological polar surface area (TPSA) is 78.8 Å². The van der Waals surface area contributed by atoms with E-state index in [1.807, 2.05) is 0 Å². The molecule has 5 nitrogen and oxygen atoms in total. The minimum absolute atomic E-state index is 0.0444. The van der Waals surface area contributed by atoms with Crippen LogP contribution in [0.4, 0.5) is 0 Å². The van der Waals surface area contributed by atoms with Gasteiger partial charge >= 0.3 is 5.97 Å².